The zero-order chi connectivity index (χ0) is 20.3. The van der Waals surface area contributed by atoms with E-state index in [0.717, 1.165) is 16.7 Å². The zero-order valence-electron chi connectivity index (χ0n) is 14.6. The first-order chi connectivity index (χ1) is 13.4. The van der Waals surface area contributed by atoms with Gasteiger partial charge in [0.25, 0.3) is 11.1 Å². The van der Waals surface area contributed by atoms with Crippen LogP contribution in [0.1, 0.15) is 5.56 Å². The van der Waals surface area contributed by atoms with Crippen LogP contribution in [0.25, 0.3) is 6.08 Å². The number of hydrogen-bond acceptors (Lipinski definition) is 5. The predicted molar refractivity (Wildman–Crippen MR) is 108 cm³/mol. The molecule has 0 bridgehead atoms. The molecule has 9 heteroatoms. The smallest absolute Gasteiger partial charge is 0.293 e. The van der Waals surface area contributed by atoms with Crippen molar-refractivity contribution in [3.8, 4) is 11.5 Å². The SMILES string of the molecule is COc1c(Cl)cc(Cl)cc1/C=C1\SC(=O)N(CCOc2ccc(F)cc2)C1=O. The maximum atomic E-state index is 12.9. The van der Waals surface area contributed by atoms with Crippen LogP contribution >= 0.6 is 35.0 Å². The number of amides is 2. The molecule has 0 radical (unpaired) electrons. The molecule has 2 aromatic carbocycles. The van der Waals surface area contributed by atoms with Gasteiger partial charge in [-0.25, -0.2) is 4.39 Å². The molecule has 3 rings (SSSR count). The van der Waals surface area contributed by atoms with E-state index in [1.54, 1.807) is 6.07 Å². The van der Waals surface area contributed by atoms with Gasteiger partial charge in [-0.3, -0.25) is 14.5 Å². The number of methoxy groups -OCH3 is 1. The topological polar surface area (TPSA) is 55.8 Å². The number of rotatable bonds is 6. The summed E-state index contributed by atoms with van der Waals surface area (Å²) in [4.78, 5) is 26.1. The number of hydrogen-bond donors (Lipinski definition) is 0. The second kappa shape index (κ2) is 8.86. The summed E-state index contributed by atoms with van der Waals surface area (Å²) in [5, 5.41) is 0.267. The van der Waals surface area contributed by atoms with Crippen LogP contribution in [0.15, 0.2) is 41.3 Å². The minimum atomic E-state index is -0.448. The highest BCUT2D eigenvalue weighted by Gasteiger charge is 2.35. The van der Waals surface area contributed by atoms with Crippen molar-refractivity contribution >= 4 is 52.2 Å². The molecule has 0 saturated carbocycles. The molecule has 2 amide bonds. The molecule has 0 atom stereocenters. The highest BCUT2D eigenvalue weighted by atomic mass is 35.5. The van der Waals surface area contributed by atoms with Gasteiger partial charge >= 0.3 is 0 Å². The van der Waals surface area contributed by atoms with E-state index in [4.69, 9.17) is 32.7 Å². The fourth-order valence-electron chi connectivity index (χ4n) is 2.52. The van der Waals surface area contributed by atoms with E-state index >= 15 is 0 Å². The third-order valence-electron chi connectivity index (χ3n) is 3.80. The molecule has 0 N–H and O–H groups in total. The number of imide groups is 1. The Morgan fingerprint density at radius 2 is 1.89 bits per heavy atom. The van der Waals surface area contributed by atoms with Crippen molar-refractivity contribution < 1.29 is 23.5 Å². The van der Waals surface area contributed by atoms with E-state index in [0.29, 0.717) is 27.1 Å². The molecule has 28 heavy (non-hydrogen) atoms. The number of carbonyl (C=O) groups is 2. The average Bonchev–Trinajstić information content (AvgIpc) is 2.90. The molecule has 1 aliphatic heterocycles. The molecule has 5 nitrogen and oxygen atoms in total. The Morgan fingerprint density at radius 3 is 2.57 bits per heavy atom. The predicted octanol–water partition coefficient (Wildman–Crippen LogP) is 5.26. The van der Waals surface area contributed by atoms with Gasteiger partial charge in [0.15, 0.2) is 0 Å². The van der Waals surface area contributed by atoms with Crippen LogP contribution in [-0.2, 0) is 4.79 Å². The van der Waals surface area contributed by atoms with E-state index in [9.17, 15) is 14.0 Å². The Hall–Kier alpha value is -2.22. The summed E-state index contributed by atoms with van der Waals surface area (Å²) in [6, 6.07) is 8.59. The molecular formula is C19H14Cl2FNO4S. The second-order valence-corrected chi connectivity index (χ2v) is 7.48. The van der Waals surface area contributed by atoms with Gasteiger partial charge in [0, 0.05) is 10.6 Å². The van der Waals surface area contributed by atoms with Gasteiger partial charge in [0.1, 0.15) is 23.9 Å². The number of nitrogens with zero attached hydrogens (tertiary/aromatic N) is 1. The number of ether oxygens (including phenoxy) is 2. The number of thioether (sulfide) groups is 1. The Labute approximate surface area is 175 Å². The summed E-state index contributed by atoms with van der Waals surface area (Å²) in [5.74, 6) is -0.0180. The summed E-state index contributed by atoms with van der Waals surface area (Å²) in [5.41, 5.74) is 0.494. The Morgan fingerprint density at radius 1 is 1.18 bits per heavy atom. The normalized spacial score (nSPS) is 15.4. The molecule has 0 aliphatic carbocycles. The quantitative estimate of drug-likeness (QED) is 0.572. The van der Waals surface area contributed by atoms with Crippen LogP contribution in [0.2, 0.25) is 10.0 Å². The fraction of sp³-hybridized carbons (Fsp3) is 0.158. The van der Waals surface area contributed by atoms with Gasteiger partial charge in [-0.1, -0.05) is 23.2 Å². The summed E-state index contributed by atoms with van der Waals surface area (Å²) in [6.45, 7) is 0.149. The maximum Gasteiger partial charge on any atom is 0.293 e. The first-order valence-electron chi connectivity index (χ1n) is 8.06. The Bertz CT molecular complexity index is 950. The molecule has 0 spiro atoms. The molecule has 1 aliphatic rings. The lowest BCUT2D eigenvalue weighted by Gasteiger charge is -2.13. The minimum Gasteiger partial charge on any atom is -0.495 e. The third-order valence-corrected chi connectivity index (χ3v) is 5.21. The van der Waals surface area contributed by atoms with Gasteiger partial charge in [0.2, 0.25) is 0 Å². The van der Waals surface area contributed by atoms with E-state index < -0.39 is 11.1 Å². The van der Waals surface area contributed by atoms with Crippen LogP contribution in [0.4, 0.5) is 9.18 Å². The van der Waals surface area contributed by atoms with Crippen molar-refractivity contribution in [1.82, 2.24) is 4.90 Å². The highest BCUT2D eigenvalue weighted by Crippen LogP contribution is 2.37. The molecule has 146 valence electrons. The average molecular weight is 442 g/mol. The van der Waals surface area contributed by atoms with E-state index in [1.807, 2.05) is 0 Å². The van der Waals surface area contributed by atoms with Crippen LogP contribution in [0.3, 0.4) is 0 Å². The first-order valence-corrected chi connectivity index (χ1v) is 9.63. The van der Waals surface area contributed by atoms with Crippen molar-refractivity contribution in [2.45, 2.75) is 0 Å². The summed E-state index contributed by atoms with van der Waals surface area (Å²) >= 11 is 12.9. The van der Waals surface area contributed by atoms with Crippen molar-refractivity contribution in [2.75, 3.05) is 20.3 Å². The van der Waals surface area contributed by atoms with Crippen LogP contribution in [-0.4, -0.2) is 36.3 Å². The Kier molecular flexibility index (Phi) is 6.49. The van der Waals surface area contributed by atoms with E-state index in [2.05, 4.69) is 0 Å². The summed E-state index contributed by atoms with van der Waals surface area (Å²) < 4.78 is 23.6. The molecule has 1 heterocycles. The van der Waals surface area contributed by atoms with Gasteiger partial charge in [0.05, 0.1) is 23.6 Å². The van der Waals surface area contributed by atoms with Gasteiger partial charge in [-0.05, 0) is 54.2 Å². The Balaban J connectivity index is 1.71. The largest absolute Gasteiger partial charge is 0.495 e. The van der Waals surface area contributed by atoms with Gasteiger partial charge < -0.3 is 9.47 Å². The van der Waals surface area contributed by atoms with Crippen molar-refractivity contribution in [1.29, 1.82) is 0 Å². The van der Waals surface area contributed by atoms with Crippen molar-refractivity contribution in [2.24, 2.45) is 0 Å². The van der Waals surface area contributed by atoms with Crippen LogP contribution in [0.5, 0.6) is 11.5 Å². The summed E-state index contributed by atoms with van der Waals surface area (Å²) in [7, 11) is 1.45. The molecule has 1 fully saturated rings. The van der Waals surface area contributed by atoms with Crippen LogP contribution in [0, 0.1) is 5.82 Å². The standard InChI is InChI=1S/C19H14Cl2FNO4S/c1-26-17-11(8-12(20)10-15(17)21)9-16-18(24)23(19(25)28-16)6-7-27-14-4-2-13(22)3-5-14/h2-5,8-10H,6-7H2,1H3/b16-9-. The highest BCUT2D eigenvalue weighted by molar-refractivity contribution is 8.18. The molecule has 0 unspecified atom stereocenters. The molecular weight excluding hydrogens is 428 g/mol. The van der Waals surface area contributed by atoms with Crippen LogP contribution < -0.4 is 9.47 Å². The molecule has 2 aromatic rings. The fourth-order valence-corrected chi connectivity index (χ4v) is 3.96. The lowest BCUT2D eigenvalue weighted by atomic mass is 10.2. The van der Waals surface area contributed by atoms with Crippen molar-refractivity contribution in [3.63, 3.8) is 0 Å². The monoisotopic (exact) mass is 441 g/mol. The zero-order valence-corrected chi connectivity index (χ0v) is 16.9. The van der Waals surface area contributed by atoms with E-state index in [1.165, 1.54) is 43.5 Å². The number of carbonyl (C=O) groups excluding carboxylic acids is 2. The lowest BCUT2D eigenvalue weighted by Crippen LogP contribution is -2.32. The van der Waals surface area contributed by atoms with E-state index in [-0.39, 0.29) is 23.9 Å². The third kappa shape index (κ3) is 4.60. The first kappa shape index (κ1) is 20.5. The maximum absolute atomic E-state index is 12.9. The van der Waals surface area contributed by atoms with Gasteiger partial charge in [-0.2, -0.15) is 0 Å². The van der Waals surface area contributed by atoms with Gasteiger partial charge in [-0.15, -0.1) is 0 Å². The number of halogens is 3. The van der Waals surface area contributed by atoms with Crippen molar-refractivity contribution in [3.05, 3.63) is 62.7 Å². The lowest BCUT2D eigenvalue weighted by molar-refractivity contribution is -0.123. The second-order valence-electron chi connectivity index (χ2n) is 5.65. The number of benzene rings is 2. The molecule has 1 saturated heterocycles. The minimum absolute atomic E-state index is 0.0623. The summed E-state index contributed by atoms with van der Waals surface area (Å²) in [6.07, 6.45) is 1.52. The molecule has 0 aromatic heterocycles.